The highest BCUT2D eigenvalue weighted by Gasteiger charge is 2.10. The van der Waals surface area contributed by atoms with E-state index in [0.29, 0.717) is 11.3 Å². The summed E-state index contributed by atoms with van der Waals surface area (Å²) < 4.78 is 0. The summed E-state index contributed by atoms with van der Waals surface area (Å²) in [7, 11) is 0. The van der Waals surface area contributed by atoms with Crippen LogP contribution in [0.1, 0.15) is 21.5 Å². The number of hydrogen-bond donors (Lipinski definition) is 3. The summed E-state index contributed by atoms with van der Waals surface area (Å²) >= 11 is 0. The fraction of sp³-hybridized carbons (Fsp3) is 0.0870. The van der Waals surface area contributed by atoms with E-state index in [2.05, 4.69) is 34.6 Å². The minimum absolute atomic E-state index is 0.170. The molecule has 4 aromatic rings. The van der Waals surface area contributed by atoms with Crippen LogP contribution in [0.2, 0.25) is 0 Å². The number of rotatable bonds is 5. The first kappa shape index (κ1) is 16.9. The molecule has 0 fully saturated rings. The maximum Gasteiger partial charge on any atom is 0.255 e. The SMILES string of the molecule is O=C(Nc1ccc(O)cc1)c1ccc2c(CCc3ccccc3)c[nH]c2c1. The molecule has 0 bridgehead atoms. The summed E-state index contributed by atoms with van der Waals surface area (Å²) in [5.41, 5.74) is 4.76. The molecule has 1 aromatic heterocycles. The Balaban J connectivity index is 1.49. The van der Waals surface area contributed by atoms with Crippen molar-refractivity contribution in [2.45, 2.75) is 12.8 Å². The third kappa shape index (κ3) is 3.85. The zero-order valence-corrected chi connectivity index (χ0v) is 14.8. The minimum atomic E-state index is -0.178. The van der Waals surface area contributed by atoms with Gasteiger partial charge in [-0.25, -0.2) is 0 Å². The van der Waals surface area contributed by atoms with Gasteiger partial charge in [0.15, 0.2) is 0 Å². The van der Waals surface area contributed by atoms with E-state index in [1.165, 1.54) is 11.1 Å². The molecule has 27 heavy (non-hydrogen) atoms. The number of carbonyl (C=O) groups excluding carboxylic acids is 1. The monoisotopic (exact) mass is 356 g/mol. The minimum Gasteiger partial charge on any atom is -0.508 e. The lowest BCUT2D eigenvalue weighted by atomic mass is 10.0. The van der Waals surface area contributed by atoms with Crippen molar-refractivity contribution in [2.24, 2.45) is 0 Å². The molecule has 0 radical (unpaired) electrons. The van der Waals surface area contributed by atoms with E-state index in [9.17, 15) is 9.90 Å². The van der Waals surface area contributed by atoms with Gasteiger partial charge in [-0.05, 0) is 60.4 Å². The van der Waals surface area contributed by atoms with Crippen molar-refractivity contribution < 1.29 is 9.90 Å². The number of hydrogen-bond acceptors (Lipinski definition) is 2. The predicted octanol–water partition coefficient (Wildman–Crippen LogP) is 4.91. The van der Waals surface area contributed by atoms with Crippen LogP contribution in [0, 0.1) is 0 Å². The Morgan fingerprint density at radius 2 is 1.70 bits per heavy atom. The lowest BCUT2D eigenvalue weighted by molar-refractivity contribution is 0.102. The molecule has 0 aliphatic rings. The molecule has 0 saturated heterocycles. The summed E-state index contributed by atoms with van der Waals surface area (Å²) in [6.07, 6.45) is 3.95. The number of fused-ring (bicyclic) bond motifs is 1. The van der Waals surface area contributed by atoms with E-state index < -0.39 is 0 Å². The highest BCUT2D eigenvalue weighted by Crippen LogP contribution is 2.22. The first-order valence-electron chi connectivity index (χ1n) is 8.93. The number of H-pyrrole nitrogens is 1. The topological polar surface area (TPSA) is 65.1 Å². The van der Waals surface area contributed by atoms with E-state index >= 15 is 0 Å². The van der Waals surface area contributed by atoms with Crippen molar-refractivity contribution in [3.8, 4) is 5.75 Å². The largest absolute Gasteiger partial charge is 0.508 e. The Labute approximate surface area is 157 Å². The van der Waals surface area contributed by atoms with E-state index in [4.69, 9.17) is 0 Å². The summed E-state index contributed by atoms with van der Waals surface area (Å²) in [5.74, 6) is -0.00754. The highest BCUT2D eigenvalue weighted by atomic mass is 16.3. The van der Waals surface area contributed by atoms with E-state index in [0.717, 1.165) is 23.7 Å². The average molecular weight is 356 g/mol. The van der Waals surface area contributed by atoms with Crippen LogP contribution in [0.5, 0.6) is 5.75 Å². The first-order valence-corrected chi connectivity index (χ1v) is 8.93. The Bertz CT molecular complexity index is 1070. The van der Waals surface area contributed by atoms with Gasteiger partial charge in [0.25, 0.3) is 5.91 Å². The van der Waals surface area contributed by atoms with Crippen molar-refractivity contribution >= 4 is 22.5 Å². The van der Waals surface area contributed by atoms with Gasteiger partial charge in [-0.15, -0.1) is 0 Å². The van der Waals surface area contributed by atoms with E-state index in [-0.39, 0.29) is 11.7 Å². The molecule has 0 saturated carbocycles. The summed E-state index contributed by atoms with van der Waals surface area (Å²) in [4.78, 5) is 15.8. The van der Waals surface area contributed by atoms with Gasteiger partial charge in [0.05, 0.1) is 0 Å². The Hall–Kier alpha value is -3.53. The molecule has 0 spiro atoms. The van der Waals surface area contributed by atoms with Crippen LogP contribution >= 0.6 is 0 Å². The number of phenolic OH excluding ortho intramolecular Hbond substituents is 1. The zero-order chi connectivity index (χ0) is 18.6. The van der Waals surface area contributed by atoms with Crippen LogP contribution in [0.3, 0.4) is 0 Å². The molecule has 4 nitrogen and oxygen atoms in total. The molecule has 3 N–H and O–H groups in total. The van der Waals surface area contributed by atoms with Gasteiger partial charge in [-0.1, -0.05) is 36.4 Å². The van der Waals surface area contributed by atoms with Crippen molar-refractivity contribution in [2.75, 3.05) is 5.32 Å². The molecule has 0 aliphatic carbocycles. The second-order valence-corrected chi connectivity index (χ2v) is 6.56. The number of carbonyl (C=O) groups is 1. The van der Waals surface area contributed by atoms with Crippen LogP contribution < -0.4 is 5.32 Å². The normalized spacial score (nSPS) is 10.8. The van der Waals surface area contributed by atoms with Gasteiger partial charge in [0.1, 0.15) is 5.75 Å². The maximum atomic E-state index is 12.5. The molecule has 1 heterocycles. The molecule has 4 rings (SSSR count). The Kier molecular flexibility index (Phi) is 4.62. The number of aromatic hydroxyl groups is 1. The number of benzene rings is 3. The van der Waals surface area contributed by atoms with Crippen molar-refractivity contribution in [3.05, 3.63) is 95.7 Å². The van der Waals surface area contributed by atoms with Crippen molar-refractivity contribution in [1.82, 2.24) is 4.98 Å². The standard InChI is InChI=1S/C23H20N2O2/c26-20-11-9-19(10-12-20)25-23(27)17-8-13-21-18(15-24-22(21)14-17)7-6-16-4-2-1-3-5-16/h1-5,8-15,24,26H,6-7H2,(H,25,27). The quantitative estimate of drug-likeness (QED) is 0.445. The van der Waals surface area contributed by atoms with E-state index in [1.807, 2.05) is 30.5 Å². The number of amides is 1. The van der Waals surface area contributed by atoms with Gasteiger partial charge in [-0.3, -0.25) is 4.79 Å². The van der Waals surface area contributed by atoms with Crippen LogP contribution in [-0.2, 0) is 12.8 Å². The van der Waals surface area contributed by atoms with Crippen LogP contribution in [0.4, 0.5) is 5.69 Å². The van der Waals surface area contributed by atoms with Gasteiger partial charge in [0.2, 0.25) is 0 Å². The molecule has 134 valence electrons. The second kappa shape index (κ2) is 7.38. The molecule has 0 unspecified atom stereocenters. The van der Waals surface area contributed by atoms with Crippen LogP contribution in [0.15, 0.2) is 79.0 Å². The van der Waals surface area contributed by atoms with Gasteiger partial charge >= 0.3 is 0 Å². The maximum absolute atomic E-state index is 12.5. The third-order valence-corrected chi connectivity index (χ3v) is 4.68. The number of aryl methyl sites for hydroxylation is 2. The third-order valence-electron chi connectivity index (χ3n) is 4.68. The van der Waals surface area contributed by atoms with E-state index in [1.54, 1.807) is 24.3 Å². The number of nitrogens with one attached hydrogen (secondary N) is 2. The van der Waals surface area contributed by atoms with Crippen LogP contribution in [-0.4, -0.2) is 16.0 Å². The molecular formula is C23H20N2O2. The molecule has 0 atom stereocenters. The molecule has 0 aliphatic heterocycles. The Morgan fingerprint density at radius 3 is 2.48 bits per heavy atom. The number of aromatic amines is 1. The first-order chi connectivity index (χ1) is 13.2. The highest BCUT2D eigenvalue weighted by molar-refractivity contribution is 6.06. The second-order valence-electron chi connectivity index (χ2n) is 6.56. The number of phenols is 1. The number of aromatic nitrogens is 1. The number of anilines is 1. The van der Waals surface area contributed by atoms with Crippen molar-refractivity contribution in [3.63, 3.8) is 0 Å². The molecular weight excluding hydrogens is 336 g/mol. The fourth-order valence-electron chi connectivity index (χ4n) is 3.21. The van der Waals surface area contributed by atoms with Gasteiger partial charge in [0, 0.05) is 28.4 Å². The lowest BCUT2D eigenvalue weighted by Crippen LogP contribution is -2.11. The van der Waals surface area contributed by atoms with Crippen molar-refractivity contribution in [1.29, 1.82) is 0 Å². The van der Waals surface area contributed by atoms with Gasteiger partial charge < -0.3 is 15.4 Å². The zero-order valence-electron chi connectivity index (χ0n) is 14.8. The van der Waals surface area contributed by atoms with Crippen LogP contribution in [0.25, 0.3) is 10.9 Å². The van der Waals surface area contributed by atoms with Gasteiger partial charge in [-0.2, -0.15) is 0 Å². The molecule has 4 heteroatoms. The predicted molar refractivity (Wildman–Crippen MR) is 108 cm³/mol. The summed E-state index contributed by atoms with van der Waals surface area (Å²) in [5, 5.41) is 13.3. The fourth-order valence-corrected chi connectivity index (χ4v) is 3.21. The lowest BCUT2D eigenvalue weighted by Gasteiger charge is -2.06. The average Bonchev–Trinajstić information content (AvgIpc) is 3.11. The summed E-state index contributed by atoms with van der Waals surface area (Å²) in [6.45, 7) is 0. The summed E-state index contributed by atoms with van der Waals surface area (Å²) in [6, 6.07) is 22.6. The Morgan fingerprint density at radius 1 is 0.926 bits per heavy atom. The molecule has 1 amide bonds. The smallest absolute Gasteiger partial charge is 0.255 e. The molecule has 3 aromatic carbocycles.